The van der Waals surface area contributed by atoms with Crippen LogP contribution in [-0.4, -0.2) is 43.5 Å². The van der Waals surface area contributed by atoms with Crippen molar-refractivity contribution < 1.29 is 19.1 Å². The van der Waals surface area contributed by atoms with E-state index in [1.807, 2.05) is 38.1 Å². The fraction of sp³-hybridized carbons (Fsp3) is 0.615. The molecule has 0 spiro atoms. The molecule has 4 nitrogen and oxygen atoms in total. The van der Waals surface area contributed by atoms with Gasteiger partial charge in [0.2, 0.25) is 0 Å². The SMILES string of the molecule is CCC[CH2][Sn]([CH2]CCC)([CH2]CCC)/[C](=C\C(=O)OCC)c1ccc(C(=O)OCC)cc1. The Morgan fingerprint density at radius 3 is 1.61 bits per heavy atom. The molecule has 0 saturated carbocycles. The van der Waals surface area contributed by atoms with Crippen molar-refractivity contribution in [2.45, 2.75) is 86.5 Å². The molecule has 1 aromatic rings. The molecule has 0 unspecified atom stereocenters. The molecule has 0 bridgehead atoms. The first-order valence-electron chi connectivity index (χ1n) is 12.1. The molecule has 5 heteroatoms. The normalized spacial score (nSPS) is 12.0. The third-order valence-corrected chi connectivity index (χ3v) is 21.6. The van der Waals surface area contributed by atoms with Crippen LogP contribution in [0.15, 0.2) is 30.3 Å². The summed E-state index contributed by atoms with van der Waals surface area (Å²) in [6, 6.07) is 7.68. The zero-order valence-electron chi connectivity index (χ0n) is 20.3. The first-order chi connectivity index (χ1) is 15.0. The minimum atomic E-state index is -2.89. The Hall–Kier alpha value is -1.30. The minimum absolute atomic E-state index is 0.238. The number of hydrogen-bond donors (Lipinski definition) is 0. The summed E-state index contributed by atoms with van der Waals surface area (Å²) in [5, 5.41) is 0. The number of carbonyl (C=O) groups excluding carboxylic acids is 2. The third kappa shape index (κ3) is 8.99. The van der Waals surface area contributed by atoms with Gasteiger partial charge in [0.05, 0.1) is 0 Å². The molecule has 0 amide bonds. The van der Waals surface area contributed by atoms with Crippen LogP contribution in [0, 0.1) is 0 Å². The van der Waals surface area contributed by atoms with E-state index in [0.29, 0.717) is 18.8 Å². The molecule has 0 aliphatic carbocycles. The first-order valence-corrected chi connectivity index (χ1v) is 19.6. The van der Waals surface area contributed by atoms with Gasteiger partial charge in [-0.2, -0.15) is 0 Å². The summed E-state index contributed by atoms with van der Waals surface area (Å²) in [5.74, 6) is -0.541. The van der Waals surface area contributed by atoms with Gasteiger partial charge in [-0.15, -0.1) is 0 Å². The summed E-state index contributed by atoms with van der Waals surface area (Å²) in [5.41, 5.74) is 1.64. The van der Waals surface area contributed by atoms with E-state index in [9.17, 15) is 9.59 Å². The van der Waals surface area contributed by atoms with Crippen LogP contribution in [0.2, 0.25) is 13.3 Å². The van der Waals surface area contributed by atoms with Gasteiger partial charge in [-0.25, -0.2) is 0 Å². The van der Waals surface area contributed by atoms with Crippen LogP contribution in [0.3, 0.4) is 0 Å². The van der Waals surface area contributed by atoms with Crippen molar-refractivity contribution in [2.75, 3.05) is 13.2 Å². The molecular weight excluding hydrogens is 495 g/mol. The monoisotopic (exact) mass is 538 g/mol. The van der Waals surface area contributed by atoms with Gasteiger partial charge in [0.1, 0.15) is 0 Å². The molecule has 0 aliphatic rings. The topological polar surface area (TPSA) is 52.6 Å². The number of hydrogen-bond acceptors (Lipinski definition) is 4. The zero-order valence-corrected chi connectivity index (χ0v) is 23.2. The fourth-order valence-corrected chi connectivity index (χ4v) is 20.9. The second-order valence-corrected chi connectivity index (χ2v) is 21.3. The van der Waals surface area contributed by atoms with Gasteiger partial charge >= 0.3 is 194 Å². The molecule has 0 atom stereocenters. The first kappa shape index (κ1) is 27.7. The number of benzene rings is 1. The molecule has 1 aromatic carbocycles. The van der Waals surface area contributed by atoms with Gasteiger partial charge < -0.3 is 0 Å². The Kier molecular flexibility index (Phi) is 13.9. The molecule has 0 radical (unpaired) electrons. The van der Waals surface area contributed by atoms with Gasteiger partial charge in [0.25, 0.3) is 0 Å². The van der Waals surface area contributed by atoms with E-state index in [4.69, 9.17) is 9.47 Å². The Bertz CT molecular complexity index is 672. The summed E-state index contributed by atoms with van der Waals surface area (Å²) < 4.78 is 15.5. The average Bonchev–Trinajstić information content (AvgIpc) is 2.78. The summed E-state index contributed by atoms with van der Waals surface area (Å²) in [4.78, 5) is 24.7. The van der Waals surface area contributed by atoms with Crippen molar-refractivity contribution in [3.63, 3.8) is 0 Å². The quantitative estimate of drug-likeness (QED) is 0.135. The van der Waals surface area contributed by atoms with Crippen molar-refractivity contribution in [3.05, 3.63) is 41.5 Å². The van der Waals surface area contributed by atoms with Crippen molar-refractivity contribution in [3.8, 4) is 0 Å². The van der Waals surface area contributed by atoms with Crippen molar-refractivity contribution in [2.24, 2.45) is 0 Å². The van der Waals surface area contributed by atoms with Gasteiger partial charge in [0, 0.05) is 0 Å². The van der Waals surface area contributed by atoms with Crippen molar-refractivity contribution in [1.82, 2.24) is 0 Å². The Morgan fingerprint density at radius 2 is 1.19 bits per heavy atom. The maximum atomic E-state index is 12.6. The van der Waals surface area contributed by atoms with Crippen LogP contribution >= 0.6 is 0 Å². The van der Waals surface area contributed by atoms with E-state index in [2.05, 4.69) is 20.8 Å². The standard InChI is InChI=1S/C14H15O4.3C4H9.Sn/c1-3-17-13(15)10-7-11-5-8-12(9-6-11)14(16)18-4-2;3*1-3-4-2;/h5-6,8-10H,3-4H2,1-2H3;3*1,3-4H2,2H3;. The van der Waals surface area contributed by atoms with Crippen LogP contribution in [-0.2, 0) is 14.3 Å². The van der Waals surface area contributed by atoms with Crippen LogP contribution in [0.1, 0.15) is 89.1 Å². The van der Waals surface area contributed by atoms with Crippen LogP contribution in [0.25, 0.3) is 3.59 Å². The van der Waals surface area contributed by atoms with Crippen LogP contribution < -0.4 is 0 Å². The molecule has 0 fully saturated rings. The predicted molar refractivity (Wildman–Crippen MR) is 132 cm³/mol. The molecule has 174 valence electrons. The Morgan fingerprint density at radius 1 is 0.742 bits per heavy atom. The van der Waals surface area contributed by atoms with E-state index in [1.54, 1.807) is 6.08 Å². The third-order valence-electron chi connectivity index (χ3n) is 5.85. The summed E-state index contributed by atoms with van der Waals surface area (Å²) in [7, 11) is 0. The fourth-order valence-electron chi connectivity index (χ4n) is 4.17. The number of unbranched alkanes of at least 4 members (excludes halogenated alkanes) is 3. The predicted octanol–water partition coefficient (Wildman–Crippen LogP) is 7.20. The van der Waals surface area contributed by atoms with Gasteiger partial charge in [-0.1, -0.05) is 0 Å². The molecule has 0 N–H and O–H groups in total. The number of rotatable bonds is 15. The second-order valence-electron chi connectivity index (χ2n) is 8.20. The summed E-state index contributed by atoms with van der Waals surface area (Å²) >= 11 is -2.89. The zero-order chi connectivity index (χ0) is 23.1. The van der Waals surface area contributed by atoms with E-state index >= 15 is 0 Å². The molecule has 31 heavy (non-hydrogen) atoms. The molecule has 1 rings (SSSR count). The Labute approximate surface area is 193 Å². The molecule has 0 aliphatic heterocycles. The maximum absolute atomic E-state index is 12.6. The second kappa shape index (κ2) is 15.5. The molecule has 0 saturated heterocycles. The molecular formula is C26H42O4Sn. The number of ether oxygens (including phenoxy) is 2. The van der Waals surface area contributed by atoms with Crippen LogP contribution in [0.5, 0.6) is 0 Å². The van der Waals surface area contributed by atoms with Gasteiger partial charge in [-0.3, -0.25) is 0 Å². The van der Waals surface area contributed by atoms with E-state index in [0.717, 1.165) is 5.56 Å². The number of esters is 2. The van der Waals surface area contributed by atoms with Crippen molar-refractivity contribution in [1.29, 1.82) is 0 Å². The number of carbonyl (C=O) groups is 2. The van der Waals surface area contributed by atoms with Gasteiger partial charge in [-0.05, 0) is 0 Å². The van der Waals surface area contributed by atoms with Crippen LogP contribution in [0.4, 0.5) is 0 Å². The van der Waals surface area contributed by atoms with Crippen molar-refractivity contribution >= 4 is 33.9 Å². The van der Waals surface area contributed by atoms with Gasteiger partial charge in [0.15, 0.2) is 0 Å². The average molecular weight is 537 g/mol. The van der Waals surface area contributed by atoms with E-state index in [1.165, 1.54) is 55.4 Å². The molecule has 0 heterocycles. The van der Waals surface area contributed by atoms with E-state index < -0.39 is 18.4 Å². The van der Waals surface area contributed by atoms with E-state index in [-0.39, 0.29) is 11.9 Å². The molecule has 0 aromatic heterocycles. The summed E-state index contributed by atoms with van der Waals surface area (Å²) in [6.07, 6.45) is 8.96. The Balaban J connectivity index is 3.52. The summed E-state index contributed by atoms with van der Waals surface area (Å²) in [6.45, 7) is 11.1.